The number of nitrogens with zero attached hydrogens (tertiary/aromatic N) is 1. The van der Waals surface area contributed by atoms with Gasteiger partial charge in [0, 0.05) is 17.3 Å². The number of carbonyl (C=O) groups is 2. The topological polar surface area (TPSA) is 92.4 Å². The molecule has 2 aromatic rings. The first-order valence-electron chi connectivity index (χ1n) is 7.29. The molecule has 124 valence electrons. The van der Waals surface area contributed by atoms with Crippen molar-refractivity contribution < 1.29 is 19.1 Å². The molecule has 0 atom stereocenters. The molecule has 6 nitrogen and oxygen atoms in total. The molecule has 0 aliphatic rings. The molecule has 0 fully saturated rings. The van der Waals surface area contributed by atoms with Crippen molar-refractivity contribution in [1.82, 2.24) is 10.3 Å². The maximum atomic E-state index is 12.1. The van der Waals surface area contributed by atoms with Crippen LogP contribution in [0.4, 0.5) is 0 Å². The lowest BCUT2D eigenvalue weighted by Gasteiger charge is -2.25. The first-order valence-corrected chi connectivity index (χ1v) is 8.17. The highest BCUT2D eigenvalue weighted by Crippen LogP contribution is 2.25. The van der Waals surface area contributed by atoms with E-state index < -0.39 is 11.5 Å². The van der Waals surface area contributed by atoms with Crippen LogP contribution < -0.4 is 5.32 Å². The average Bonchev–Trinajstić information content (AvgIpc) is 3.05. The number of hydrogen-bond acceptors (Lipinski definition) is 5. The molecule has 0 saturated heterocycles. The molecule has 0 aliphatic heterocycles. The Bertz CT molecular complexity index is 703. The Kier molecular flexibility index (Phi) is 5.20. The van der Waals surface area contributed by atoms with Gasteiger partial charge in [-0.3, -0.25) is 9.59 Å². The second-order valence-electron chi connectivity index (χ2n) is 6.06. The molecule has 0 aliphatic carbocycles. The predicted octanol–water partition coefficient (Wildman–Crippen LogP) is 3.01. The van der Waals surface area contributed by atoms with Crippen LogP contribution >= 0.6 is 11.3 Å². The molecule has 0 saturated carbocycles. The summed E-state index contributed by atoms with van der Waals surface area (Å²) >= 11 is 1.43. The van der Waals surface area contributed by atoms with Gasteiger partial charge in [0.25, 0.3) is 0 Å². The number of carbonyl (C=O) groups excluding carboxylic acids is 1. The van der Waals surface area contributed by atoms with E-state index in [-0.39, 0.29) is 18.7 Å². The van der Waals surface area contributed by atoms with Gasteiger partial charge in [-0.15, -0.1) is 11.3 Å². The Morgan fingerprint density at radius 3 is 2.74 bits per heavy atom. The highest BCUT2D eigenvalue weighted by Gasteiger charge is 2.22. The van der Waals surface area contributed by atoms with Crippen molar-refractivity contribution in [2.24, 2.45) is 0 Å². The number of carboxylic acid groups (broad SMARTS) is 1. The summed E-state index contributed by atoms with van der Waals surface area (Å²) in [5.41, 5.74) is 0.109. The van der Waals surface area contributed by atoms with E-state index >= 15 is 0 Å². The van der Waals surface area contributed by atoms with Crippen molar-refractivity contribution in [1.29, 1.82) is 0 Å². The van der Waals surface area contributed by atoms with Gasteiger partial charge in [0.2, 0.25) is 5.91 Å². The lowest BCUT2D eigenvalue weighted by Crippen LogP contribution is -2.44. The van der Waals surface area contributed by atoms with E-state index in [1.54, 1.807) is 0 Å². The number of nitrogens with one attached hydrogen (secondary N) is 1. The molecule has 7 heteroatoms. The molecule has 0 unspecified atom stereocenters. The van der Waals surface area contributed by atoms with Gasteiger partial charge < -0.3 is 14.8 Å². The molecule has 2 heterocycles. The summed E-state index contributed by atoms with van der Waals surface area (Å²) in [7, 11) is 0. The van der Waals surface area contributed by atoms with E-state index in [1.165, 1.54) is 11.3 Å². The van der Waals surface area contributed by atoms with E-state index in [0.717, 1.165) is 10.8 Å². The fourth-order valence-electron chi connectivity index (χ4n) is 2.12. The number of furan rings is 1. The van der Waals surface area contributed by atoms with Crippen LogP contribution in [-0.2, 0) is 16.0 Å². The molecule has 0 spiro atoms. The number of aliphatic carboxylic acids is 1. The van der Waals surface area contributed by atoms with Crippen LogP contribution in [-0.4, -0.2) is 27.5 Å². The Morgan fingerprint density at radius 2 is 2.13 bits per heavy atom. The van der Waals surface area contributed by atoms with Gasteiger partial charge in [0.15, 0.2) is 10.8 Å². The monoisotopic (exact) mass is 336 g/mol. The zero-order valence-corrected chi connectivity index (χ0v) is 14.2. The third-order valence-electron chi connectivity index (χ3n) is 3.29. The highest BCUT2D eigenvalue weighted by molar-refractivity contribution is 7.13. The average molecular weight is 336 g/mol. The molecule has 1 amide bonds. The van der Waals surface area contributed by atoms with Gasteiger partial charge in [0.05, 0.1) is 12.1 Å². The van der Waals surface area contributed by atoms with Crippen LogP contribution in [0.15, 0.2) is 21.9 Å². The Morgan fingerprint density at radius 1 is 1.39 bits per heavy atom. The van der Waals surface area contributed by atoms with Crippen LogP contribution in [0.2, 0.25) is 0 Å². The zero-order chi connectivity index (χ0) is 17.0. The summed E-state index contributed by atoms with van der Waals surface area (Å²) in [4.78, 5) is 27.1. The van der Waals surface area contributed by atoms with E-state index in [9.17, 15) is 9.59 Å². The SMILES string of the molecule is Cc1ccc(-c2nc(CC(=O)NC(C)(C)CCC(=O)O)cs2)o1. The molecule has 2 rings (SSSR count). The van der Waals surface area contributed by atoms with Crippen molar-refractivity contribution in [2.45, 2.75) is 45.6 Å². The largest absolute Gasteiger partial charge is 0.481 e. The van der Waals surface area contributed by atoms with Crippen LogP contribution in [0.3, 0.4) is 0 Å². The zero-order valence-electron chi connectivity index (χ0n) is 13.4. The van der Waals surface area contributed by atoms with Gasteiger partial charge in [-0.2, -0.15) is 0 Å². The Hall–Kier alpha value is -2.15. The molecule has 0 bridgehead atoms. The molecule has 0 aromatic carbocycles. The summed E-state index contributed by atoms with van der Waals surface area (Å²) in [6.07, 6.45) is 0.556. The quantitative estimate of drug-likeness (QED) is 0.811. The normalized spacial score (nSPS) is 11.4. The molecular weight excluding hydrogens is 316 g/mol. The number of amides is 1. The summed E-state index contributed by atoms with van der Waals surface area (Å²) in [5.74, 6) is 0.466. The first-order chi connectivity index (χ1) is 10.7. The fourth-order valence-corrected chi connectivity index (χ4v) is 2.90. The number of hydrogen-bond donors (Lipinski definition) is 2. The van der Waals surface area contributed by atoms with Crippen molar-refractivity contribution >= 4 is 23.2 Å². The Labute approximate surface area is 138 Å². The summed E-state index contributed by atoms with van der Waals surface area (Å²) in [5, 5.41) is 14.2. The summed E-state index contributed by atoms with van der Waals surface area (Å²) < 4.78 is 5.51. The van der Waals surface area contributed by atoms with Crippen LogP contribution in [0.5, 0.6) is 0 Å². The van der Waals surface area contributed by atoms with Gasteiger partial charge >= 0.3 is 5.97 Å². The maximum Gasteiger partial charge on any atom is 0.303 e. The van der Waals surface area contributed by atoms with Crippen LogP contribution in [0.1, 0.15) is 38.1 Å². The van der Waals surface area contributed by atoms with Gasteiger partial charge in [0.1, 0.15) is 5.76 Å². The third kappa shape index (κ3) is 5.21. The summed E-state index contributed by atoms with van der Waals surface area (Å²) in [6, 6.07) is 3.72. The smallest absolute Gasteiger partial charge is 0.303 e. The van der Waals surface area contributed by atoms with Crippen molar-refractivity contribution in [3.05, 3.63) is 29.0 Å². The van der Waals surface area contributed by atoms with Gasteiger partial charge in [-0.05, 0) is 39.3 Å². The van der Waals surface area contributed by atoms with Gasteiger partial charge in [-0.25, -0.2) is 4.98 Å². The molecule has 23 heavy (non-hydrogen) atoms. The minimum absolute atomic E-state index is 0.0198. The molecule has 2 N–H and O–H groups in total. The molecular formula is C16H20N2O4S. The van der Waals surface area contributed by atoms with E-state index in [0.29, 0.717) is 17.9 Å². The highest BCUT2D eigenvalue weighted by atomic mass is 32.1. The van der Waals surface area contributed by atoms with Crippen molar-refractivity contribution in [3.63, 3.8) is 0 Å². The number of rotatable bonds is 7. The van der Waals surface area contributed by atoms with Crippen LogP contribution in [0.25, 0.3) is 10.8 Å². The predicted molar refractivity (Wildman–Crippen MR) is 87.3 cm³/mol. The number of aromatic nitrogens is 1. The van der Waals surface area contributed by atoms with E-state index in [4.69, 9.17) is 9.52 Å². The summed E-state index contributed by atoms with van der Waals surface area (Å²) in [6.45, 7) is 5.49. The fraction of sp³-hybridized carbons (Fsp3) is 0.438. The minimum Gasteiger partial charge on any atom is -0.481 e. The second kappa shape index (κ2) is 6.95. The van der Waals surface area contributed by atoms with E-state index in [2.05, 4.69) is 10.3 Å². The van der Waals surface area contributed by atoms with Crippen molar-refractivity contribution in [3.8, 4) is 10.8 Å². The standard InChI is InChI=1S/C16H20N2O4S/c1-10-4-5-12(22-10)15-17-11(9-23-15)8-13(19)18-16(2,3)7-6-14(20)21/h4-5,9H,6-8H2,1-3H3,(H,18,19)(H,20,21). The van der Waals surface area contributed by atoms with Crippen LogP contribution in [0, 0.1) is 6.92 Å². The maximum absolute atomic E-state index is 12.1. The second-order valence-corrected chi connectivity index (χ2v) is 6.91. The van der Waals surface area contributed by atoms with Crippen molar-refractivity contribution in [2.75, 3.05) is 0 Å². The third-order valence-corrected chi connectivity index (χ3v) is 4.19. The molecule has 2 aromatic heterocycles. The molecule has 0 radical (unpaired) electrons. The lowest BCUT2D eigenvalue weighted by atomic mass is 9.98. The van der Waals surface area contributed by atoms with Gasteiger partial charge in [-0.1, -0.05) is 0 Å². The minimum atomic E-state index is -0.870. The Balaban J connectivity index is 1.93. The first kappa shape index (κ1) is 17.2. The number of carboxylic acids is 1. The van der Waals surface area contributed by atoms with E-state index in [1.807, 2.05) is 38.3 Å². The number of aryl methyl sites for hydroxylation is 1. The number of thiazole rings is 1. The lowest BCUT2D eigenvalue weighted by molar-refractivity contribution is -0.137.